The van der Waals surface area contributed by atoms with Crippen LogP contribution in [0, 0.1) is 6.92 Å². The van der Waals surface area contributed by atoms with Crippen LogP contribution >= 0.6 is 0 Å². The second-order valence-corrected chi connectivity index (χ2v) is 6.14. The molecule has 26 heavy (non-hydrogen) atoms. The summed E-state index contributed by atoms with van der Waals surface area (Å²) in [6.07, 6.45) is 2.01. The normalized spacial score (nSPS) is 10.8. The monoisotopic (exact) mass is 342 g/mol. The third kappa shape index (κ3) is 3.19. The van der Waals surface area contributed by atoms with E-state index in [1.54, 1.807) is 6.20 Å². The molecule has 0 unspecified atom stereocenters. The predicted molar refractivity (Wildman–Crippen MR) is 102 cm³/mol. The minimum absolute atomic E-state index is 0.0644. The number of rotatable bonds is 4. The lowest BCUT2D eigenvalue weighted by Crippen LogP contribution is -2.14. The number of nitrogens with one attached hydrogen (secondary N) is 1. The third-order valence-corrected chi connectivity index (χ3v) is 4.20. The minimum atomic E-state index is -0.0644. The lowest BCUT2D eigenvalue weighted by molar-refractivity contribution is -0.115. The molecule has 0 atom stereocenters. The van der Waals surface area contributed by atoms with E-state index in [9.17, 15) is 4.79 Å². The molecule has 1 amide bonds. The van der Waals surface area contributed by atoms with Gasteiger partial charge in [-0.15, -0.1) is 0 Å². The Bertz CT molecular complexity index is 1060. The van der Waals surface area contributed by atoms with Gasteiger partial charge in [-0.1, -0.05) is 48.5 Å². The highest BCUT2D eigenvalue weighted by Crippen LogP contribution is 2.23. The number of pyridine rings is 1. The Morgan fingerprint density at radius 2 is 1.73 bits per heavy atom. The minimum Gasteiger partial charge on any atom is -0.324 e. The second kappa shape index (κ2) is 6.80. The maximum absolute atomic E-state index is 12.3. The lowest BCUT2D eigenvalue weighted by atomic mass is 10.1. The number of carbonyl (C=O) groups excluding carboxylic acids is 1. The number of para-hydroxylation sites is 1. The van der Waals surface area contributed by atoms with E-state index in [1.807, 2.05) is 78.3 Å². The molecule has 0 aliphatic heterocycles. The van der Waals surface area contributed by atoms with Crippen LogP contribution < -0.4 is 5.32 Å². The van der Waals surface area contributed by atoms with Crippen molar-refractivity contribution in [1.82, 2.24) is 14.8 Å². The van der Waals surface area contributed by atoms with Gasteiger partial charge in [0.25, 0.3) is 0 Å². The van der Waals surface area contributed by atoms with Crippen LogP contribution in [0.1, 0.15) is 11.3 Å². The van der Waals surface area contributed by atoms with Crippen molar-refractivity contribution in [2.45, 2.75) is 13.3 Å². The zero-order valence-electron chi connectivity index (χ0n) is 14.4. The summed E-state index contributed by atoms with van der Waals surface area (Å²) in [4.78, 5) is 16.8. The summed E-state index contributed by atoms with van der Waals surface area (Å²) in [5.41, 5.74) is 4.26. The number of hydrogen-bond donors (Lipinski definition) is 1. The van der Waals surface area contributed by atoms with E-state index in [2.05, 4.69) is 15.4 Å². The van der Waals surface area contributed by atoms with E-state index in [4.69, 9.17) is 0 Å². The topological polar surface area (TPSA) is 59.8 Å². The molecule has 0 saturated carbocycles. The first kappa shape index (κ1) is 16.0. The Morgan fingerprint density at radius 1 is 1.04 bits per heavy atom. The van der Waals surface area contributed by atoms with Gasteiger partial charge in [0.1, 0.15) is 0 Å². The van der Waals surface area contributed by atoms with Gasteiger partial charge in [-0.2, -0.15) is 5.10 Å². The van der Waals surface area contributed by atoms with Crippen molar-refractivity contribution in [3.8, 4) is 5.69 Å². The number of fused-ring (bicyclic) bond motifs is 1. The summed E-state index contributed by atoms with van der Waals surface area (Å²) in [5.74, 6) is -0.0644. The fourth-order valence-electron chi connectivity index (χ4n) is 2.95. The van der Waals surface area contributed by atoms with Gasteiger partial charge in [-0.05, 0) is 30.7 Å². The quantitative estimate of drug-likeness (QED) is 0.612. The number of aryl methyl sites for hydroxylation is 1. The number of nitrogens with zero attached hydrogens (tertiary/aromatic N) is 3. The standard InChI is InChI=1S/C21H18N4O/c1-15-19-13-17(23-20(26)12-16-8-4-2-5-9-16)14-22-21(19)25(24-15)18-10-6-3-7-11-18/h2-11,13-14H,12H2,1H3,(H,23,26). The first-order valence-electron chi connectivity index (χ1n) is 8.45. The SMILES string of the molecule is Cc1nn(-c2ccccc2)c2ncc(NC(=O)Cc3ccccc3)cc12. The highest BCUT2D eigenvalue weighted by Gasteiger charge is 2.12. The van der Waals surface area contributed by atoms with Crippen LogP contribution in [0.2, 0.25) is 0 Å². The first-order valence-corrected chi connectivity index (χ1v) is 8.45. The van der Waals surface area contributed by atoms with Crippen molar-refractivity contribution in [3.63, 3.8) is 0 Å². The number of hydrogen-bond acceptors (Lipinski definition) is 3. The van der Waals surface area contributed by atoms with Crippen molar-refractivity contribution in [2.75, 3.05) is 5.32 Å². The molecule has 0 fully saturated rings. The molecule has 4 rings (SSSR count). The third-order valence-electron chi connectivity index (χ3n) is 4.20. The highest BCUT2D eigenvalue weighted by atomic mass is 16.1. The van der Waals surface area contributed by atoms with Crippen LogP contribution in [0.4, 0.5) is 5.69 Å². The Balaban J connectivity index is 1.60. The molecule has 4 aromatic rings. The van der Waals surface area contributed by atoms with Gasteiger partial charge in [-0.3, -0.25) is 4.79 Å². The molecule has 0 aliphatic rings. The molecule has 2 aromatic heterocycles. The smallest absolute Gasteiger partial charge is 0.228 e. The van der Waals surface area contributed by atoms with E-state index < -0.39 is 0 Å². The molecule has 2 aromatic carbocycles. The van der Waals surface area contributed by atoms with Crippen molar-refractivity contribution >= 4 is 22.6 Å². The maximum Gasteiger partial charge on any atom is 0.228 e. The van der Waals surface area contributed by atoms with Crippen molar-refractivity contribution < 1.29 is 4.79 Å². The molecular weight excluding hydrogens is 324 g/mol. The maximum atomic E-state index is 12.3. The fraction of sp³-hybridized carbons (Fsp3) is 0.0952. The van der Waals surface area contributed by atoms with Crippen LogP contribution in [0.15, 0.2) is 72.9 Å². The Labute approximate surface area is 151 Å². The molecule has 128 valence electrons. The van der Waals surface area contributed by atoms with Gasteiger partial charge in [0.15, 0.2) is 5.65 Å². The summed E-state index contributed by atoms with van der Waals surface area (Å²) in [7, 11) is 0. The van der Waals surface area contributed by atoms with Gasteiger partial charge in [0.2, 0.25) is 5.91 Å². The van der Waals surface area contributed by atoms with E-state index >= 15 is 0 Å². The Kier molecular flexibility index (Phi) is 4.19. The molecule has 2 heterocycles. The first-order chi connectivity index (χ1) is 12.7. The largest absolute Gasteiger partial charge is 0.324 e. The highest BCUT2D eigenvalue weighted by molar-refractivity contribution is 5.94. The predicted octanol–water partition coefficient (Wildman–Crippen LogP) is 3.91. The number of amides is 1. The lowest BCUT2D eigenvalue weighted by Gasteiger charge is -2.06. The van der Waals surface area contributed by atoms with E-state index in [0.717, 1.165) is 28.0 Å². The van der Waals surface area contributed by atoms with Crippen LogP contribution in [0.5, 0.6) is 0 Å². The molecule has 0 aliphatic carbocycles. The van der Waals surface area contributed by atoms with Gasteiger partial charge in [0, 0.05) is 5.39 Å². The zero-order chi connectivity index (χ0) is 17.9. The summed E-state index contributed by atoms with van der Waals surface area (Å²) in [6.45, 7) is 1.94. The molecule has 0 radical (unpaired) electrons. The van der Waals surface area contributed by atoms with Gasteiger partial charge in [-0.25, -0.2) is 9.67 Å². The van der Waals surface area contributed by atoms with Gasteiger partial charge >= 0.3 is 0 Å². The molecule has 1 N–H and O–H groups in total. The average molecular weight is 342 g/mol. The van der Waals surface area contributed by atoms with E-state index in [0.29, 0.717) is 12.1 Å². The summed E-state index contributed by atoms with van der Waals surface area (Å²) in [6, 6.07) is 21.5. The second-order valence-electron chi connectivity index (χ2n) is 6.14. The number of benzene rings is 2. The molecule has 5 nitrogen and oxygen atoms in total. The summed E-state index contributed by atoms with van der Waals surface area (Å²) < 4.78 is 1.82. The Morgan fingerprint density at radius 3 is 2.46 bits per heavy atom. The van der Waals surface area contributed by atoms with Crippen LogP contribution in [-0.4, -0.2) is 20.7 Å². The van der Waals surface area contributed by atoms with Gasteiger partial charge in [0.05, 0.1) is 29.7 Å². The Hall–Kier alpha value is -3.47. The number of carbonyl (C=O) groups is 1. The molecule has 0 spiro atoms. The molecule has 5 heteroatoms. The number of aromatic nitrogens is 3. The van der Waals surface area contributed by atoms with Crippen molar-refractivity contribution in [3.05, 3.63) is 84.2 Å². The average Bonchev–Trinajstić information content (AvgIpc) is 2.99. The number of anilines is 1. The van der Waals surface area contributed by atoms with Crippen LogP contribution in [-0.2, 0) is 11.2 Å². The molecule has 0 bridgehead atoms. The van der Waals surface area contributed by atoms with Crippen molar-refractivity contribution in [1.29, 1.82) is 0 Å². The summed E-state index contributed by atoms with van der Waals surface area (Å²) in [5, 5.41) is 8.43. The van der Waals surface area contributed by atoms with E-state index in [1.165, 1.54) is 0 Å². The van der Waals surface area contributed by atoms with E-state index in [-0.39, 0.29) is 5.91 Å². The van der Waals surface area contributed by atoms with Crippen LogP contribution in [0.25, 0.3) is 16.7 Å². The molecular formula is C21H18N4O. The van der Waals surface area contributed by atoms with Crippen molar-refractivity contribution in [2.24, 2.45) is 0 Å². The summed E-state index contributed by atoms with van der Waals surface area (Å²) >= 11 is 0. The zero-order valence-corrected chi connectivity index (χ0v) is 14.4. The fourth-order valence-corrected chi connectivity index (χ4v) is 2.95. The molecule has 0 saturated heterocycles. The van der Waals surface area contributed by atoms with Crippen LogP contribution in [0.3, 0.4) is 0 Å². The van der Waals surface area contributed by atoms with Gasteiger partial charge < -0.3 is 5.32 Å².